The van der Waals surface area contributed by atoms with E-state index in [9.17, 15) is 18.0 Å². The van der Waals surface area contributed by atoms with Crippen molar-refractivity contribution in [3.8, 4) is 0 Å². The summed E-state index contributed by atoms with van der Waals surface area (Å²) in [5.74, 6) is -0.308. The lowest BCUT2D eigenvalue weighted by atomic mass is 10.1. The highest BCUT2D eigenvalue weighted by atomic mass is 19.4. The molecule has 0 bridgehead atoms. The first-order valence-corrected chi connectivity index (χ1v) is 6.69. The fourth-order valence-corrected chi connectivity index (χ4v) is 1.77. The molecule has 4 nitrogen and oxygen atoms in total. The molecule has 21 heavy (non-hydrogen) atoms. The molecule has 118 valence electrons. The highest BCUT2D eigenvalue weighted by Crippen LogP contribution is 2.35. The summed E-state index contributed by atoms with van der Waals surface area (Å²) in [5, 5.41) is 2.46. The molecule has 1 amide bonds. The second kappa shape index (κ2) is 7.31. The number of carbonyl (C=O) groups is 1. The number of nitrogens with two attached hydrogens (primary N) is 1. The number of anilines is 2. The van der Waals surface area contributed by atoms with Crippen LogP contribution in [-0.4, -0.2) is 30.9 Å². The van der Waals surface area contributed by atoms with E-state index >= 15 is 0 Å². The van der Waals surface area contributed by atoms with Crippen LogP contribution in [0.25, 0.3) is 0 Å². The Morgan fingerprint density at radius 2 is 2.05 bits per heavy atom. The Hall–Kier alpha value is -1.76. The predicted molar refractivity (Wildman–Crippen MR) is 76.9 cm³/mol. The molecular formula is C14H20F3N3O. The smallest absolute Gasteiger partial charge is 0.398 e. The van der Waals surface area contributed by atoms with Crippen LogP contribution in [0, 0.1) is 0 Å². The number of hydrogen-bond donors (Lipinski definition) is 2. The van der Waals surface area contributed by atoms with E-state index in [1.807, 2.05) is 14.0 Å². The molecule has 7 heteroatoms. The maximum Gasteiger partial charge on any atom is 0.418 e. The Morgan fingerprint density at radius 1 is 1.38 bits per heavy atom. The van der Waals surface area contributed by atoms with E-state index in [0.717, 1.165) is 25.2 Å². The van der Waals surface area contributed by atoms with Gasteiger partial charge in [-0.3, -0.25) is 4.79 Å². The quantitative estimate of drug-likeness (QED) is 0.794. The zero-order chi connectivity index (χ0) is 16.0. The third-order valence-corrected chi connectivity index (χ3v) is 3.13. The molecule has 0 atom stereocenters. The van der Waals surface area contributed by atoms with Gasteiger partial charge in [-0.1, -0.05) is 6.92 Å². The Labute approximate surface area is 122 Å². The molecule has 3 N–H and O–H groups in total. The van der Waals surface area contributed by atoms with Crippen molar-refractivity contribution in [2.75, 3.05) is 31.2 Å². The van der Waals surface area contributed by atoms with Gasteiger partial charge in [0.25, 0.3) is 0 Å². The average molecular weight is 303 g/mol. The summed E-state index contributed by atoms with van der Waals surface area (Å²) in [7, 11) is 1.94. The summed E-state index contributed by atoms with van der Waals surface area (Å²) in [6, 6.07) is 3.36. The molecule has 0 saturated carbocycles. The number of halogens is 3. The number of benzene rings is 1. The number of rotatable bonds is 6. The normalized spacial score (nSPS) is 11.7. The summed E-state index contributed by atoms with van der Waals surface area (Å²) in [6.07, 6.45) is -3.62. The molecule has 0 heterocycles. The van der Waals surface area contributed by atoms with Gasteiger partial charge >= 0.3 is 6.18 Å². The van der Waals surface area contributed by atoms with E-state index in [1.165, 1.54) is 6.07 Å². The second-order valence-electron chi connectivity index (χ2n) is 4.85. The van der Waals surface area contributed by atoms with Crippen molar-refractivity contribution >= 4 is 17.3 Å². The first kappa shape index (κ1) is 17.3. The number of nitrogens with one attached hydrogen (secondary N) is 1. The minimum absolute atomic E-state index is 0.102. The van der Waals surface area contributed by atoms with Crippen LogP contribution < -0.4 is 11.1 Å². The Morgan fingerprint density at radius 3 is 2.62 bits per heavy atom. The Bertz CT molecular complexity index is 489. The first-order chi connectivity index (χ1) is 9.74. The highest BCUT2D eigenvalue weighted by Gasteiger charge is 2.33. The average Bonchev–Trinajstić information content (AvgIpc) is 2.39. The van der Waals surface area contributed by atoms with Crippen LogP contribution in [0.3, 0.4) is 0 Å². The van der Waals surface area contributed by atoms with Gasteiger partial charge in [-0.05, 0) is 44.8 Å². The Kier molecular flexibility index (Phi) is 6.02. The number of amides is 1. The van der Waals surface area contributed by atoms with Crippen LogP contribution in [0.5, 0.6) is 0 Å². The molecule has 0 aromatic heterocycles. The van der Waals surface area contributed by atoms with Gasteiger partial charge in [0.2, 0.25) is 5.91 Å². The predicted octanol–water partition coefficient (Wildman–Crippen LogP) is 2.96. The summed E-state index contributed by atoms with van der Waals surface area (Å²) in [5.41, 5.74) is 4.10. The maximum atomic E-state index is 12.7. The molecule has 0 fully saturated rings. The van der Waals surface area contributed by atoms with Crippen molar-refractivity contribution in [1.29, 1.82) is 0 Å². The fraction of sp³-hybridized carbons (Fsp3) is 0.500. The van der Waals surface area contributed by atoms with E-state index in [-0.39, 0.29) is 23.7 Å². The van der Waals surface area contributed by atoms with Crippen LogP contribution in [0.1, 0.15) is 25.3 Å². The number of carbonyl (C=O) groups excluding carboxylic acids is 1. The van der Waals surface area contributed by atoms with E-state index < -0.39 is 11.7 Å². The van der Waals surface area contributed by atoms with Gasteiger partial charge in [0, 0.05) is 17.8 Å². The van der Waals surface area contributed by atoms with Crippen molar-refractivity contribution in [1.82, 2.24) is 4.90 Å². The molecule has 1 rings (SSSR count). The van der Waals surface area contributed by atoms with Crippen molar-refractivity contribution in [2.45, 2.75) is 25.9 Å². The van der Waals surface area contributed by atoms with Gasteiger partial charge in [0.05, 0.1) is 5.56 Å². The molecule has 1 aromatic carbocycles. The van der Waals surface area contributed by atoms with Crippen LogP contribution >= 0.6 is 0 Å². The van der Waals surface area contributed by atoms with E-state index in [2.05, 4.69) is 10.2 Å². The summed E-state index contributed by atoms with van der Waals surface area (Å²) in [6.45, 7) is 3.65. The molecule has 0 saturated heterocycles. The molecule has 0 aliphatic rings. The molecule has 0 aliphatic heterocycles. The largest absolute Gasteiger partial charge is 0.418 e. The number of nitrogens with zero attached hydrogens (tertiary/aromatic N) is 1. The zero-order valence-corrected chi connectivity index (χ0v) is 12.1. The molecule has 0 spiro atoms. The van der Waals surface area contributed by atoms with E-state index in [4.69, 9.17) is 5.73 Å². The summed E-state index contributed by atoms with van der Waals surface area (Å²) < 4.78 is 38.1. The van der Waals surface area contributed by atoms with Gasteiger partial charge in [-0.15, -0.1) is 0 Å². The lowest BCUT2D eigenvalue weighted by Gasteiger charge is -2.14. The molecule has 0 radical (unpaired) electrons. The fourth-order valence-electron chi connectivity index (χ4n) is 1.77. The Balaban J connectivity index is 2.61. The lowest BCUT2D eigenvalue weighted by Crippen LogP contribution is -2.21. The topological polar surface area (TPSA) is 58.4 Å². The van der Waals surface area contributed by atoms with Crippen molar-refractivity contribution in [2.24, 2.45) is 0 Å². The zero-order valence-electron chi connectivity index (χ0n) is 12.1. The van der Waals surface area contributed by atoms with Gasteiger partial charge in [0.15, 0.2) is 0 Å². The monoisotopic (exact) mass is 303 g/mol. The van der Waals surface area contributed by atoms with Crippen LogP contribution in [0.2, 0.25) is 0 Å². The standard InChI is InChI=1S/C14H20F3N3O/c1-3-20(2)8-4-5-13(21)19-10-6-7-12(18)11(9-10)14(15,16)17/h6-7,9H,3-5,8,18H2,1-2H3,(H,19,21). The summed E-state index contributed by atoms with van der Waals surface area (Å²) in [4.78, 5) is 13.7. The van der Waals surface area contributed by atoms with Crippen molar-refractivity contribution in [3.05, 3.63) is 23.8 Å². The highest BCUT2D eigenvalue weighted by molar-refractivity contribution is 5.91. The van der Waals surface area contributed by atoms with Crippen LogP contribution in [-0.2, 0) is 11.0 Å². The molecule has 0 aliphatic carbocycles. The van der Waals surface area contributed by atoms with Gasteiger partial charge in [-0.2, -0.15) is 13.2 Å². The number of nitrogen functional groups attached to an aromatic ring is 1. The third kappa shape index (κ3) is 5.63. The van der Waals surface area contributed by atoms with E-state index in [1.54, 1.807) is 0 Å². The third-order valence-electron chi connectivity index (χ3n) is 3.13. The second-order valence-corrected chi connectivity index (χ2v) is 4.85. The van der Waals surface area contributed by atoms with Crippen molar-refractivity contribution < 1.29 is 18.0 Å². The van der Waals surface area contributed by atoms with Crippen molar-refractivity contribution in [3.63, 3.8) is 0 Å². The number of alkyl halides is 3. The minimum Gasteiger partial charge on any atom is -0.398 e. The van der Waals surface area contributed by atoms with Gasteiger partial charge < -0.3 is 16.0 Å². The van der Waals surface area contributed by atoms with E-state index in [0.29, 0.717) is 6.42 Å². The lowest BCUT2D eigenvalue weighted by molar-refractivity contribution is -0.136. The van der Waals surface area contributed by atoms with Crippen LogP contribution in [0.15, 0.2) is 18.2 Å². The molecule has 1 aromatic rings. The summed E-state index contributed by atoms with van der Waals surface area (Å²) >= 11 is 0. The molecular weight excluding hydrogens is 283 g/mol. The first-order valence-electron chi connectivity index (χ1n) is 6.69. The van der Waals surface area contributed by atoms with Crippen LogP contribution in [0.4, 0.5) is 24.5 Å². The minimum atomic E-state index is -4.53. The SMILES string of the molecule is CCN(C)CCCC(=O)Nc1ccc(N)c(C(F)(F)F)c1. The molecule has 0 unspecified atom stereocenters. The van der Waals surface area contributed by atoms with Gasteiger partial charge in [0.1, 0.15) is 0 Å². The maximum absolute atomic E-state index is 12.7. The number of hydrogen-bond acceptors (Lipinski definition) is 3. The van der Waals surface area contributed by atoms with Gasteiger partial charge in [-0.25, -0.2) is 0 Å².